The van der Waals surface area contributed by atoms with Gasteiger partial charge in [-0.15, -0.1) is 11.3 Å². The largest absolute Gasteiger partial charge is 0.431 e. The average molecular weight is 605 g/mol. The molecule has 2 aromatic rings. The van der Waals surface area contributed by atoms with E-state index >= 15 is 0 Å². The summed E-state index contributed by atoms with van der Waals surface area (Å²) in [4.78, 5) is 16.7. The Bertz CT molecular complexity index is 1360. The molecule has 0 bridgehead atoms. The number of carbonyl (C=O) groups is 1. The molecule has 8 nitrogen and oxygen atoms in total. The summed E-state index contributed by atoms with van der Waals surface area (Å²) in [6, 6.07) is 2.63. The summed E-state index contributed by atoms with van der Waals surface area (Å²) in [6.45, 7) is 0.568. The number of thiophene rings is 1. The van der Waals surface area contributed by atoms with Gasteiger partial charge in [-0.1, -0.05) is 0 Å². The van der Waals surface area contributed by atoms with Crippen LogP contribution in [0.5, 0.6) is 0 Å². The maximum absolute atomic E-state index is 13.8. The van der Waals surface area contributed by atoms with Gasteiger partial charge in [0.25, 0.3) is 21.5 Å². The number of alkyl halides is 6. The zero-order valence-corrected chi connectivity index (χ0v) is 22.2. The first kappa shape index (κ1) is 30.8. The fourth-order valence-electron chi connectivity index (χ4n) is 3.92. The van der Waals surface area contributed by atoms with E-state index < -0.39 is 60.4 Å². The van der Waals surface area contributed by atoms with Gasteiger partial charge in [-0.2, -0.15) is 30.6 Å². The first-order valence-electron chi connectivity index (χ1n) is 11.1. The molecule has 1 aliphatic heterocycles. The van der Waals surface area contributed by atoms with Gasteiger partial charge >= 0.3 is 12.4 Å². The molecule has 1 amide bonds. The van der Waals surface area contributed by atoms with Gasteiger partial charge in [0.1, 0.15) is 10.0 Å². The van der Waals surface area contributed by atoms with Gasteiger partial charge in [0.15, 0.2) is 0 Å². The van der Waals surface area contributed by atoms with Gasteiger partial charge in [-0.3, -0.25) is 4.79 Å². The minimum atomic E-state index is -5.54. The molecular formula is C22H23F7N4O4S2. The van der Waals surface area contributed by atoms with Crippen LogP contribution in [0.3, 0.4) is 0 Å². The summed E-state index contributed by atoms with van der Waals surface area (Å²) in [5, 5.41) is 10.4. The molecule has 3 rings (SSSR count). The molecule has 0 saturated carbocycles. The molecule has 1 aromatic heterocycles. The third-order valence-electron chi connectivity index (χ3n) is 5.80. The van der Waals surface area contributed by atoms with Gasteiger partial charge in [0.05, 0.1) is 16.8 Å². The Labute approximate surface area is 223 Å². The van der Waals surface area contributed by atoms with E-state index in [0.717, 1.165) is 33.7 Å². The van der Waals surface area contributed by atoms with Crippen LogP contribution in [0.1, 0.15) is 17.4 Å². The number of nitrogens with zero attached hydrogens (tertiary/aromatic N) is 4. The minimum absolute atomic E-state index is 0.0245. The fourth-order valence-corrected chi connectivity index (χ4v) is 7.08. The Morgan fingerprint density at radius 3 is 2.31 bits per heavy atom. The van der Waals surface area contributed by atoms with Crippen LogP contribution in [-0.2, 0) is 26.6 Å². The number of carbonyl (C=O) groups excluding carboxylic acids is 1. The topological polar surface area (TPSA) is 93.5 Å². The van der Waals surface area contributed by atoms with Crippen LogP contribution in [0.2, 0.25) is 0 Å². The Morgan fingerprint density at radius 1 is 1.13 bits per heavy atom. The second-order valence-corrected chi connectivity index (χ2v) is 12.1. The molecule has 1 aromatic carbocycles. The molecule has 216 valence electrons. The highest BCUT2D eigenvalue weighted by molar-refractivity contribution is 7.91. The average Bonchev–Trinajstić information content (AvgIpc) is 3.32. The van der Waals surface area contributed by atoms with Crippen LogP contribution in [-0.4, -0.2) is 80.9 Å². The van der Waals surface area contributed by atoms with Crippen molar-refractivity contribution in [3.63, 3.8) is 0 Å². The van der Waals surface area contributed by atoms with Crippen molar-refractivity contribution in [3.8, 4) is 0 Å². The summed E-state index contributed by atoms with van der Waals surface area (Å²) in [6.07, 6.45) is -9.67. The summed E-state index contributed by atoms with van der Waals surface area (Å²) in [5.41, 5.74) is -5.70. The molecule has 2 unspecified atom stereocenters. The number of hydrogen-bond donors (Lipinski definition) is 1. The Balaban J connectivity index is 1.90. The highest BCUT2D eigenvalue weighted by atomic mass is 32.2. The molecule has 17 heteroatoms. The van der Waals surface area contributed by atoms with E-state index in [2.05, 4.69) is 4.99 Å². The third kappa shape index (κ3) is 6.05. The van der Waals surface area contributed by atoms with Crippen LogP contribution in [0.4, 0.5) is 36.4 Å². The Kier molecular flexibility index (Phi) is 8.42. The zero-order valence-electron chi connectivity index (χ0n) is 20.6. The second kappa shape index (κ2) is 10.7. The van der Waals surface area contributed by atoms with E-state index in [1.165, 1.54) is 25.9 Å². The molecule has 2 atom stereocenters. The number of sulfonamides is 1. The molecule has 1 saturated heterocycles. The van der Waals surface area contributed by atoms with Crippen molar-refractivity contribution < 1.29 is 49.1 Å². The Hall–Kier alpha value is -2.76. The van der Waals surface area contributed by atoms with Gasteiger partial charge < -0.3 is 14.9 Å². The first-order valence-corrected chi connectivity index (χ1v) is 13.3. The van der Waals surface area contributed by atoms with E-state index in [1.54, 1.807) is 0 Å². The molecule has 39 heavy (non-hydrogen) atoms. The number of amides is 1. The molecule has 0 aliphatic carbocycles. The maximum Gasteiger partial charge on any atom is 0.431 e. The van der Waals surface area contributed by atoms with Gasteiger partial charge in [0.2, 0.25) is 0 Å². The maximum atomic E-state index is 13.8. The van der Waals surface area contributed by atoms with Crippen molar-refractivity contribution in [2.45, 2.75) is 35.1 Å². The molecule has 2 heterocycles. The lowest BCUT2D eigenvalue weighted by Gasteiger charge is -2.40. The SMILES string of the molecule is CC1CN(c2ccc(F)cc2C(F)(F)F)CCN1S(=O)(=O)c1ccc(C(O)(C(=O)/N=C/N(C)C)C(F)(F)F)s1. The predicted octanol–water partition coefficient (Wildman–Crippen LogP) is 3.67. The zero-order chi connectivity index (χ0) is 29.6. The summed E-state index contributed by atoms with van der Waals surface area (Å²) < 4.78 is 122. The van der Waals surface area contributed by atoms with Crippen LogP contribution in [0.25, 0.3) is 0 Å². The van der Waals surface area contributed by atoms with Crippen LogP contribution < -0.4 is 4.90 Å². The first-order chi connectivity index (χ1) is 17.8. The standard InChI is InChI=1S/C22H23F7N4O4S2/c1-13-11-32(16-5-4-14(23)10-15(16)21(24,25)26)8-9-33(13)39(36,37)18-7-6-17(38-18)20(35,22(27,28)29)19(34)30-12-31(2)3/h4-7,10,12-13,35H,8-9,11H2,1-3H3/b30-12+. The highest BCUT2D eigenvalue weighted by Crippen LogP contribution is 2.44. The number of halogens is 7. The van der Waals surface area contributed by atoms with Crippen molar-refractivity contribution in [3.05, 3.63) is 46.6 Å². The van der Waals surface area contributed by atoms with Gasteiger partial charge in [0, 0.05) is 45.5 Å². The number of aliphatic imine (C=N–C) groups is 1. The summed E-state index contributed by atoms with van der Waals surface area (Å²) in [5.74, 6) is -3.07. The predicted molar refractivity (Wildman–Crippen MR) is 128 cm³/mol. The fraction of sp³-hybridized carbons (Fsp3) is 0.455. The van der Waals surface area contributed by atoms with Crippen molar-refractivity contribution in [2.75, 3.05) is 38.6 Å². The normalized spacial score (nSPS) is 19.4. The molecule has 0 radical (unpaired) electrons. The van der Waals surface area contributed by atoms with Crippen molar-refractivity contribution >= 4 is 39.3 Å². The van der Waals surface area contributed by atoms with E-state index in [1.807, 2.05) is 0 Å². The number of rotatable bonds is 6. The molecule has 1 N–H and O–H groups in total. The van der Waals surface area contributed by atoms with Crippen LogP contribution in [0.15, 0.2) is 39.5 Å². The number of anilines is 1. The van der Waals surface area contributed by atoms with Crippen molar-refractivity contribution in [1.29, 1.82) is 0 Å². The smallest absolute Gasteiger partial charge is 0.369 e. The van der Waals surface area contributed by atoms with E-state index in [4.69, 9.17) is 0 Å². The van der Waals surface area contributed by atoms with Crippen molar-refractivity contribution in [2.24, 2.45) is 4.99 Å². The summed E-state index contributed by atoms with van der Waals surface area (Å²) >= 11 is 0.0245. The third-order valence-corrected chi connectivity index (χ3v) is 9.47. The lowest BCUT2D eigenvalue weighted by Crippen LogP contribution is -2.54. The molecule has 1 fully saturated rings. The number of aliphatic hydroxyl groups is 1. The van der Waals surface area contributed by atoms with E-state index in [0.29, 0.717) is 12.1 Å². The summed E-state index contributed by atoms with van der Waals surface area (Å²) in [7, 11) is -1.74. The molecule has 1 aliphatic rings. The highest BCUT2D eigenvalue weighted by Gasteiger charge is 2.62. The quantitative estimate of drug-likeness (QED) is 0.308. The van der Waals surface area contributed by atoms with Gasteiger partial charge in [-0.05, 0) is 37.3 Å². The number of piperazine rings is 1. The minimum Gasteiger partial charge on any atom is -0.369 e. The second-order valence-electron chi connectivity index (χ2n) is 8.91. The van der Waals surface area contributed by atoms with E-state index in [-0.39, 0.29) is 36.7 Å². The number of benzene rings is 1. The molecule has 0 spiro atoms. The van der Waals surface area contributed by atoms with E-state index in [9.17, 15) is 49.1 Å². The monoisotopic (exact) mass is 604 g/mol. The lowest BCUT2D eigenvalue weighted by atomic mass is 10.0. The number of hydrogen-bond acceptors (Lipinski definition) is 6. The lowest BCUT2D eigenvalue weighted by molar-refractivity contribution is -0.254. The van der Waals surface area contributed by atoms with Gasteiger partial charge in [-0.25, -0.2) is 17.8 Å². The Morgan fingerprint density at radius 2 is 1.77 bits per heavy atom. The van der Waals surface area contributed by atoms with Crippen LogP contribution >= 0.6 is 11.3 Å². The molecular weight excluding hydrogens is 581 g/mol. The van der Waals surface area contributed by atoms with Crippen LogP contribution in [0, 0.1) is 5.82 Å². The van der Waals surface area contributed by atoms with Crippen molar-refractivity contribution in [1.82, 2.24) is 9.21 Å².